The SMILES string of the molecule is CCCc1cc(Cl)ccc1C1COc2ccc3cc2N(C1)CC1CCC1C(CN1CCN(C(C)(C)COC)CC1)(OC)/C=C/CC(C)C(C)S(=O)(=O)NC3=O. The molecule has 304 valence electrons. The van der Waals surface area contributed by atoms with Crippen LogP contribution < -0.4 is 14.4 Å². The minimum absolute atomic E-state index is 0.0401. The van der Waals surface area contributed by atoms with Crippen LogP contribution in [0.1, 0.15) is 87.7 Å². The summed E-state index contributed by atoms with van der Waals surface area (Å²) in [5, 5.41) is -0.0604. The maximum atomic E-state index is 13.6. The first-order valence-corrected chi connectivity index (χ1v) is 22.2. The molecule has 1 N–H and O–H groups in total. The van der Waals surface area contributed by atoms with E-state index in [0.29, 0.717) is 43.4 Å². The highest BCUT2D eigenvalue weighted by molar-refractivity contribution is 7.90. The van der Waals surface area contributed by atoms with E-state index in [9.17, 15) is 13.2 Å². The maximum absolute atomic E-state index is 13.6. The average Bonchev–Trinajstić information content (AvgIpc) is 3.31. The second-order valence-electron chi connectivity index (χ2n) is 17.1. The summed E-state index contributed by atoms with van der Waals surface area (Å²) in [5.74, 6) is 0.454. The van der Waals surface area contributed by atoms with Gasteiger partial charge in [-0.25, -0.2) is 13.1 Å². The fourth-order valence-corrected chi connectivity index (χ4v) is 10.8. The zero-order chi connectivity index (χ0) is 39.5. The minimum atomic E-state index is -3.97. The molecule has 2 aromatic carbocycles. The molecule has 4 aliphatic rings. The second-order valence-corrected chi connectivity index (χ2v) is 19.6. The van der Waals surface area contributed by atoms with Crippen LogP contribution in [0.25, 0.3) is 0 Å². The summed E-state index contributed by atoms with van der Waals surface area (Å²) in [6.45, 7) is 17.4. The molecular formula is C43H63ClN4O6S. The standard InChI is InChI=1S/C43H63ClN4O6S/c1-8-10-32-23-36(44)14-15-37(32)35-26-47-25-34-12-16-38(34)43(53-7,28-46-19-21-48(22-20-46)42(4,5)29-52-6)18-9-11-30(2)31(3)55(50,51)45-41(49)33-13-17-40(54-27-35)39(47)24-33/h9,13-15,17-18,23-24,30-31,34-35,38H,8,10-12,16,19-22,25-29H2,1-7H3,(H,45,49)/b18-9+. The number of sulfonamides is 1. The van der Waals surface area contributed by atoms with Crippen molar-refractivity contribution in [3.8, 4) is 5.75 Å². The number of methoxy groups -OCH3 is 2. The van der Waals surface area contributed by atoms with Crippen molar-refractivity contribution >= 4 is 33.2 Å². The number of nitrogens with zero attached hydrogens (tertiary/aromatic N) is 3. The number of anilines is 1. The summed E-state index contributed by atoms with van der Waals surface area (Å²) >= 11 is 6.50. The van der Waals surface area contributed by atoms with E-state index in [1.807, 2.05) is 32.2 Å². The zero-order valence-corrected chi connectivity index (χ0v) is 35.6. The Hall–Kier alpha value is -2.67. The number of rotatable bonds is 9. The van der Waals surface area contributed by atoms with Crippen LogP contribution in [0.5, 0.6) is 5.75 Å². The smallest absolute Gasteiger partial charge is 0.264 e. The number of hydrogen-bond acceptors (Lipinski definition) is 9. The first kappa shape index (κ1) is 41.9. The third-order valence-corrected chi connectivity index (χ3v) is 15.2. The van der Waals surface area contributed by atoms with Gasteiger partial charge in [-0.1, -0.05) is 50.1 Å². The molecule has 0 spiro atoms. The number of fused-ring (bicyclic) bond motifs is 2. The van der Waals surface area contributed by atoms with Gasteiger partial charge in [0.1, 0.15) is 11.4 Å². The minimum Gasteiger partial charge on any atom is -0.491 e. The van der Waals surface area contributed by atoms with Gasteiger partial charge in [-0.2, -0.15) is 0 Å². The third kappa shape index (κ3) is 9.23. The molecular weight excluding hydrogens is 736 g/mol. The van der Waals surface area contributed by atoms with E-state index in [-0.39, 0.29) is 23.3 Å². The van der Waals surface area contributed by atoms with Crippen molar-refractivity contribution in [1.82, 2.24) is 14.5 Å². The summed E-state index contributed by atoms with van der Waals surface area (Å²) < 4.78 is 48.4. The van der Waals surface area contributed by atoms with Crippen LogP contribution >= 0.6 is 11.6 Å². The summed E-state index contributed by atoms with van der Waals surface area (Å²) in [7, 11) is -0.356. The van der Waals surface area contributed by atoms with Crippen LogP contribution in [0, 0.1) is 17.8 Å². The fourth-order valence-electron chi connectivity index (χ4n) is 9.31. The normalized spacial score (nSPS) is 30.0. The molecule has 1 saturated heterocycles. The van der Waals surface area contributed by atoms with Gasteiger partial charge < -0.3 is 19.1 Å². The lowest BCUT2D eigenvalue weighted by atomic mass is 9.63. The molecule has 0 aromatic heterocycles. The number of hydrogen-bond donors (Lipinski definition) is 1. The highest BCUT2D eigenvalue weighted by Gasteiger charge is 2.49. The van der Waals surface area contributed by atoms with Crippen LogP contribution in [0.3, 0.4) is 0 Å². The van der Waals surface area contributed by atoms with Crippen molar-refractivity contribution in [3.63, 3.8) is 0 Å². The van der Waals surface area contributed by atoms with Crippen LogP contribution in [-0.2, 0) is 25.9 Å². The lowest BCUT2D eigenvalue weighted by Crippen LogP contribution is -2.61. The Labute approximate surface area is 334 Å². The van der Waals surface area contributed by atoms with Gasteiger partial charge in [-0.15, -0.1) is 0 Å². The van der Waals surface area contributed by atoms with Crippen LogP contribution in [0.2, 0.25) is 5.02 Å². The first-order chi connectivity index (χ1) is 26.2. The van der Waals surface area contributed by atoms with E-state index in [1.54, 1.807) is 20.1 Å². The Morgan fingerprint density at radius 2 is 1.80 bits per heavy atom. The Kier molecular flexibility index (Phi) is 13.3. The van der Waals surface area contributed by atoms with Crippen molar-refractivity contribution in [2.45, 2.75) is 89.0 Å². The van der Waals surface area contributed by atoms with Crippen molar-refractivity contribution in [1.29, 1.82) is 0 Å². The van der Waals surface area contributed by atoms with Crippen molar-refractivity contribution in [2.75, 3.05) is 78.1 Å². The summed E-state index contributed by atoms with van der Waals surface area (Å²) in [6.07, 6.45) is 8.94. The van der Waals surface area contributed by atoms with Crippen LogP contribution in [-0.4, -0.2) is 114 Å². The number of carbonyl (C=O) groups excluding carboxylic acids is 1. The van der Waals surface area contributed by atoms with Gasteiger partial charge in [-0.3, -0.25) is 14.6 Å². The molecule has 1 aliphatic carbocycles. The Balaban J connectivity index is 1.37. The molecule has 12 heteroatoms. The van der Waals surface area contributed by atoms with E-state index < -0.39 is 26.8 Å². The van der Waals surface area contributed by atoms with Gasteiger partial charge in [0, 0.05) is 82.1 Å². The van der Waals surface area contributed by atoms with E-state index in [4.69, 9.17) is 25.8 Å². The summed E-state index contributed by atoms with van der Waals surface area (Å²) in [4.78, 5) is 21.1. The van der Waals surface area contributed by atoms with Crippen LogP contribution in [0.4, 0.5) is 5.69 Å². The predicted octanol–water partition coefficient (Wildman–Crippen LogP) is 6.77. The fraction of sp³-hybridized carbons (Fsp3) is 0.651. The number of nitrogens with one attached hydrogen (secondary N) is 1. The Bertz CT molecular complexity index is 1800. The molecule has 3 aliphatic heterocycles. The predicted molar refractivity (Wildman–Crippen MR) is 221 cm³/mol. The lowest BCUT2D eigenvalue weighted by molar-refractivity contribution is -0.0992. The quantitative estimate of drug-likeness (QED) is 0.276. The first-order valence-electron chi connectivity index (χ1n) is 20.3. The average molecular weight is 800 g/mol. The number of halogens is 1. The Morgan fingerprint density at radius 1 is 1.04 bits per heavy atom. The summed E-state index contributed by atoms with van der Waals surface area (Å²) in [5.41, 5.74) is 2.96. The molecule has 55 heavy (non-hydrogen) atoms. The molecule has 0 radical (unpaired) electrons. The number of allylic oxidation sites excluding steroid dienone is 1. The molecule has 2 fully saturated rings. The van der Waals surface area contributed by atoms with Gasteiger partial charge in [0.25, 0.3) is 5.91 Å². The van der Waals surface area contributed by atoms with Crippen molar-refractivity contribution in [2.24, 2.45) is 17.8 Å². The largest absolute Gasteiger partial charge is 0.491 e. The highest BCUT2D eigenvalue weighted by Crippen LogP contribution is 2.47. The molecule has 6 atom stereocenters. The number of ether oxygens (including phenoxy) is 3. The van der Waals surface area contributed by atoms with Crippen molar-refractivity contribution in [3.05, 3.63) is 70.3 Å². The van der Waals surface area contributed by atoms with Crippen molar-refractivity contribution < 1.29 is 27.4 Å². The lowest BCUT2D eigenvalue weighted by Gasteiger charge is -2.52. The molecule has 6 unspecified atom stereocenters. The number of benzene rings is 2. The maximum Gasteiger partial charge on any atom is 0.264 e. The molecule has 1 saturated carbocycles. The van der Waals surface area contributed by atoms with Crippen LogP contribution in [0.15, 0.2) is 48.6 Å². The number of carbonyl (C=O) groups is 1. The van der Waals surface area contributed by atoms with Gasteiger partial charge in [0.2, 0.25) is 10.0 Å². The highest BCUT2D eigenvalue weighted by atomic mass is 35.5. The molecule has 3 heterocycles. The third-order valence-electron chi connectivity index (χ3n) is 13.0. The molecule has 2 aromatic rings. The van der Waals surface area contributed by atoms with Gasteiger partial charge in [0.05, 0.1) is 24.2 Å². The van der Waals surface area contributed by atoms with Gasteiger partial charge >= 0.3 is 0 Å². The molecule has 6 rings (SSSR count). The zero-order valence-electron chi connectivity index (χ0n) is 34.0. The second kappa shape index (κ2) is 17.4. The Morgan fingerprint density at radius 3 is 2.47 bits per heavy atom. The topological polar surface area (TPSA) is 101 Å². The van der Waals surface area contributed by atoms with Gasteiger partial charge in [0.15, 0.2) is 0 Å². The number of piperazine rings is 1. The molecule has 10 nitrogen and oxygen atoms in total. The monoisotopic (exact) mass is 798 g/mol. The number of aryl methyl sites for hydroxylation is 1. The van der Waals surface area contributed by atoms with E-state index >= 15 is 0 Å². The van der Waals surface area contributed by atoms with Gasteiger partial charge in [-0.05, 0) is 106 Å². The molecule has 2 bridgehead atoms. The van der Waals surface area contributed by atoms with E-state index in [0.717, 1.165) is 75.7 Å². The van der Waals surface area contributed by atoms with E-state index in [2.05, 4.69) is 64.5 Å². The summed E-state index contributed by atoms with van der Waals surface area (Å²) in [6, 6.07) is 11.5. The number of amides is 1. The molecule has 1 amide bonds. The van der Waals surface area contributed by atoms with E-state index in [1.165, 1.54) is 11.1 Å².